The first-order valence-electron chi connectivity index (χ1n) is 12.9. The summed E-state index contributed by atoms with van der Waals surface area (Å²) in [5, 5.41) is 13.3. The van der Waals surface area contributed by atoms with Gasteiger partial charge >= 0.3 is 0 Å². The molecule has 204 valence electrons. The van der Waals surface area contributed by atoms with Crippen LogP contribution in [0.15, 0.2) is 55.2 Å². The highest BCUT2D eigenvalue weighted by Crippen LogP contribution is 2.56. The summed E-state index contributed by atoms with van der Waals surface area (Å²) in [4.78, 5) is 24.1. The van der Waals surface area contributed by atoms with Crippen LogP contribution in [0.3, 0.4) is 0 Å². The van der Waals surface area contributed by atoms with Crippen LogP contribution in [0.4, 0.5) is 26.2 Å². The lowest BCUT2D eigenvalue weighted by Crippen LogP contribution is -2.70. The maximum Gasteiger partial charge on any atom is 0.266 e. The third-order valence-electron chi connectivity index (χ3n) is 7.83. The molecule has 4 heterocycles. The molecule has 2 fully saturated rings. The van der Waals surface area contributed by atoms with E-state index in [0.717, 1.165) is 28.0 Å². The van der Waals surface area contributed by atoms with Crippen molar-refractivity contribution in [1.29, 1.82) is 0 Å². The zero-order chi connectivity index (χ0) is 27.6. The number of nitrogens with one attached hydrogen (secondary N) is 1. The van der Waals surface area contributed by atoms with Crippen LogP contribution >= 0.6 is 0 Å². The number of hydrogen-bond donors (Lipinski definition) is 2. The third-order valence-corrected chi connectivity index (χ3v) is 7.83. The summed E-state index contributed by atoms with van der Waals surface area (Å²) in [7, 11) is 1.95. The molecule has 3 aromatic heterocycles. The van der Waals surface area contributed by atoms with Crippen molar-refractivity contribution in [3.63, 3.8) is 0 Å². The van der Waals surface area contributed by atoms with Gasteiger partial charge < -0.3 is 24.6 Å². The first-order chi connectivity index (χ1) is 19.2. The summed E-state index contributed by atoms with van der Waals surface area (Å²) >= 11 is 0. The van der Waals surface area contributed by atoms with E-state index >= 15 is 0 Å². The molecule has 0 unspecified atom stereocenters. The van der Waals surface area contributed by atoms with Crippen molar-refractivity contribution >= 4 is 39.5 Å². The van der Waals surface area contributed by atoms with Gasteiger partial charge in [-0.3, -0.25) is 0 Å². The number of imidazole rings is 1. The lowest BCUT2D eigenvalue weighted by atomic mass is 9.55. The lowest BCUT2D eigenvalue weighted by Gasteiger charge is -2.61. The summed E-state index contributed by atoms with van der Waals surface area (Å²) in [5.74, 6) is 2.43. The van der Waals surface area contributed by atoms with Gasteiger partial charge in [-0.05, 0) is 55.7 Å². The molecule has 12 heteroatoms. The minimum atomic E-state index is -2.73. The van der Waals surface area contributed by atoms with Crippen LogP contribution in [0, 0.1) is 12.3 Å². The van der Waals surface area contributed by atoms with Crippen LogP contribution < -0.4 is 15.0 Å². The Bertz CT molecular complexity index is 1760. The van der Waals surface area contributed by atoms with Gasteiger partial charge in [-0.2, -0.15) is 0 Å². The third kappa shape index (κ3) is 4.06. The summed E-state index contributed by atoms with van der Waals surface area (Å²) < 4.78 is 34.2. The predicted molar refractivity (Wildman–Crippen MR) is 145 cm³/mol. The predicted octanol–water partition coefficient (Wildman–Crippen LogP) is 4.75. The van der Waals surface area contributed by atoms with Gasteiger partial charge in [-0.15, -0.1) is 0 Å². The molecule has 2 aromatic carbocycles. The number of aliphatic hydroxyl groups is 1. The Balaban J connectivity index is 1.08. The standard InChI is InChI=1S/C28H26F2N8O2/c1-16-7-17(3-6-22(16)40-18-4-5-21-19(8-18)34-15-37(21)2)35-24-23-20(32-14-33-24)9-31-26(36-23)38-12-27(13-38)10-28(39,11-27)25(29)30/h3-9,14-15,25,39H,10-13H2,1-2H3,(H,32,33,35). The highest BCUT2D eigenvalue weighted by atomic mass is 19.3. The van der Waals surface area contributed by atoms with E-state index < -0.39 is 12.0 Å². The van der Waals surface area contributed by atoms with Crippen LogP contribution in [0.1, 0.15) is 18.4 Å². The average Bonchev–Trinajstić information content (AvgIpc) is 3.26. The van der Waals surface area contributed by atoms with Crippen LogP contribution in [0.2, 0.25) is 0 Å². The number of anilines is 3. The van der Waals surface area contributed by atoms with Gasteiger partial charge in [-0.1, -0.05) is 0 Å². The van der Waals surface area contributed by atoms with Gasteiger partial charge in [0.05, 0.1) is 23.6 Å². The fourth-order valence-electron chi connectivity index (χ4n) is 5.90. The number of halogens is 2. The fraction of sp³-hybridized carbons (Fsp3) is 0.321. The number of rotatable bonds is 6. The molecule has 1 saturated heterocycles. The summed E-state index contributed by atoms with van der Waals surface area (Å²) in [6, 6.07) is 11.6. The molecule has 2 N–H and O–H groups in total. The molecule has 1 spiro atoms. The number of aromatic nitrogens is 6. The molecule has 40 heavy (non-hydrogen) atoms. The zero-order valence-electron chi connectivity index (χ0n) is 21.8. The van der Waals surface area contributed by atoms with Gasteiger partial charge in [-0.25, -0.2) is 33.7 Å². The second kappa shape index (κ2) is 8.78. The molecule has 0 radical (unpaired) electrons. The monoisotopic (exact) mass is 544 g/mol. The summed E-state index contributed by atoms with van der Waals surface area (Å²) in [6.07, 6.45) is 2.31. The molecule has 0 amide bonds. The van der Waals surface area contributed by atoms with Gasteiger partial charge in [0.25, 0.3) is 6.43 Å². The minimum absolute atomic E-state index is 0.0917. The molecule has 5 aromatic rings. The molecule has 0 bridgehead atoms. The molecule has 0 atom stereocenters. The second-order valence-corrected chi connectivity index (χ2v) is 11.0. The van der Waals surface area contributed by atoms with Crippen LogP contribution in [0.5, 0.6) is 11.5 Å². The van der Waals surface area contributed by atoms with E-state index in [1.807, 2.05) is 59.8 Å². The second-order valence-electron chi connectivity index (χ2n) is 11.0. The van der Waals surface area contributed by atoms with Crippen molar-refractivity contribution in [1.82, 2.24) is 29.5 Å². The highest BCUT2D eigenvalue weighted by Gasteiger charge is 2.63. The van der Waals surface area contributed by atoms with Crippen molar-refractivity contribution in [3.8, 4) is 11.5 Å². The molecule has 1 aliphatic heterocycles. The molecule has 1 saturated carbocycles. The lowest BCUT2D eigenvalue weighted by molar-refractivity contribution is -0.209. The number of hydrogen-bond acceptors (Lipinski definition) is 9. The number of fused-ring (bicyclic) bond motifs is 2. The number of ether oxygens (including phenoxy) is 1. The van der Waals surface area contributed by atoms with Gasteiger partial charge in [0.15, 0.2) is 5.82 Å². The Morgan fingerprint density at radius 1 is 1.02 bits per heavy atom. The van der Waals surface area contributed by atoms with E-state index in [1.54, 1.807) is 12.5 Å². The molecule has 10 nitrogen and oxygen atoms in total. The van der Waals surface area contributed by atoms with E-state index in [4.69, 9.17) is 9.72 Å². The van der Waals surface area contributed by atoms with Crippen LogP contribution in [0.25, 0.3) is 22.1 Å². The van der Waals surface area contributed by atoms with E-state index in [0.29, 0.717) is 41.6 Å². The Morgan fingerprint density at radius 2 is 1.85 bits per heavy atom. The van der Waals surface area contributed by atoms with Crippen molar-refractivity contribution in [2.24, 2.45) is 12.5 Å². The van der Waals surface area contributed by atoms with E-state index in [2.05, 4.69) is 25.3 Å². The van der Waals surface area contributed by atoms with Crippen LogP contribution in [-0.2, 0) is 7.05 Å². The number of nitrogens with zero attached hydrogens (tertiary/aromatic N) is 7. The van der Waals surface area contributed by atoms with E-state index in [1.165, 1.54) is 6.33 Å². The maximum absolute atomic E-state index is 13.1. The highest BCUT2D eigenvalue weighted by molar-refractivity contribution is 5.87. The van der Waals surface area contributed by atoms with Crippen molar-refractivity contribution in [3.05, 3.63) is 60.8 Å². The van der Waals surface area contributed by atoms with Crippen LogP contribution in [-0.4, -0.2) is 59.7 Å². The number of alkyl halides is 2. The molecule has 1 aliphatic carbocycles. The number of aryl methyl sites for hydroxylation is 2. The van der Waals surface area contributed by atoms with E-state index in [9.17, 15) is 13.9 Å². The Hall–Kier alpha value is -4.45. The first kappa shape index (κ1) is 24.6. The van der Waals surface area contributed by atoms with Gasteiger partial charge in [0.1, 0.15) is 34.5 Å². The van der Waals surface area contributed by atoms with Gasteiger partial charge in [0, 0.05) is 37.3 Å². The Labute approximate surface area is 227 Å². The fourth-order valence-corrected chi connectivity index (χ4v) is 5.90. The topological polar surface area (TPSA) is 114 Å². The Morgan fingerprint density at radius 3 is 2.62 bits per heavy atom. The van der Waals surface area contributed by atoms with Crippen molar-refractivity contribution < 1.29 is 18.6 Å². The quantitative estimate of drug-likeness (QED) is 0.313. The SMILES string of the molecule is Cc1cc(Nc2ncnc3cnc(N4CC5(C4)CC(O)(C(F)F)C5)nc23)ccc1Oc1ccc2c(c1)ncn2C. The Kier molecular flexibility index (Phi) is 5.40. The largest absolute Gasteiger partial charge is 0.457 e. The number of benzene rings is 2. The summed E-state index contributed by atoms with van der Waals surface area (Å²) in [5.41, 5.74) is 2.58. The molecular weight excluding hydrogens is 518 g/mol. The van der Waals surface area contributed by atoms with Crippen molar-refractivity contribution in [2.75, 3.05) is 23.3 Å². The average molecular weight is 545 g/mol. The normalized spacial score (nSPS) is 17.3. The minimum Gasteiger partial charge on any atom is -0.457 e. The van der Waals surface area contributed by atoms with E-state index in [-0.39, 0.29) is 18.3 Å². The zero-order valence-corrected chi connectivity index (χ0v) is 21.8. The van der Waals surface area contributed by atoms with Crippen molar-refractivity contribution in [2.45, 2.75) is 31.8 Å². The maximum atomic E-state index is 13.1. The molecular formula is C28H26F2N8O2. The molecule has 2 aliphatic rings. The van der Waals surface area contributed by atoms with Gasteiger partial charge in [0.2, 0.25) is 5.95 Å². The smallest absolute Gasteiger partial charge is 0.266 e. The summed E-state index contributed by atoms with van der Waals surface area (Å²) in [6.45, 7) is 3.02. The molecule has 7 rings (SSSR count). The first-order valence-corrected chi connectivity index (χ1v) is 12.9.